The Morgan fingerprint density at radius 2 is 1.97 bits per heavy atom. The Labute approximate surface area is 183 Å². The maximum absolute atomic E-state index is 14.6. The van der Waals surface area contributed by atoms with Crippen LogP contribution in [0.3, 0.4) is 0 Å². The monoisotopic (exact) mass is 446 g/mol. The Morgan fingerprint density at radius 3 is 2.71 bits per heavy atom. The SMILES string of the molecule is CNC(=O)/C(=N/OC)c1ccccc1ON1CN=CC(F)=C1Oc1cccc(Cl)c1C. The maximum atomic E-state index is 14.6. The van der Waals surface area contributed by atoms with Gasteiger partial charge in [0.25, 0.3) is 11.8 Å². The maximum Gasteiger partial charge on any atom is 0.273 e. The van der Waals surface area contributed by atoms with E-state index in [9.17, 15) is 9.18 Å². The van der Waals surface area contributed by atoms with Gasteiger partial charge in [-0.1, -0.05) is 35.0 Å². The number of hydrogen-bond donors (Lipinski definition) is 1. The van der Waals surface area contributed by atoms with E-state index >= 15 is 0 Å². The molecule has 10 heteroatoms. The third-order valence-electron chi connectivity index (χ3n) is 4.25. The summed E-state index contributed by atoms with van der Waals surface area (Å²) >= 11 is 6.14. The molecule has 1 aliphatic heterocycles. The van der Waals surface area contributed by atoms with Gasteiger partial charge in [0.1, 0.15) is 19.5 Å². The van der Waals surface area contributed by atoms with Crippen LogP contribution in [0, 0.1) is 6.92 Å². The van der Waals surface area contributed by atoms with E-state index in [2.05, 4.69) is 15.5 Å². The smallest absolute Gasteiger partial charge is 0.273 e. The van der Waals surface area contributed by atoms with Crippen molar-refractivity contribution in [3.63, 3.8) is 0 Å². The highest BCUT2D eigenvalue weighted by molar-refractivity contribution is 6.45. The summed E-state index contributed by atoms with van der Waals surface area (Å²) < 4.78 is 20.4. The molecule has 3 rings (SSSR count). The third kappa shape index (κ3) is 4.95. The van der Waals surface area contributed by atoms with Gasteiger partial charge in [0.05, 0.1) is 11.8 Å². The number of hydroxylamine groups is 2. The number of hydrogen-bond acceptors (Lipinski definition) is 7. The predicted molar refractivity (Wildman–Crippen MR) is 115 cm³/mol. The summed E-state index contributed by atoms with van der Waals surface area (Å²) in [5.74, 6) is -0.847. The Balaban J connectivity index is 1.95. The van der Waals surface area contributed by atoms with Gasteiger partial charge >= 0.3 is 0 Å². The number of carbonyl (C=O) groups excluding carboxylic acids is 1. The third-order valence-corrected chi connectivity index (χ3v) is 4.66. The molecule has 1 N–H and O–H groups in total. The Bertz CT molecular complexity index is 1070. The van der Waals surface area contributed by atoms with E-state index in [0.717, 1.165) is 11.3 Å². The van der Waals surface area contributed by atoms with Crippen molar-refractivity contribution in [3.05, 3.63) is 70.3 Å². The van der Waals surface area contributed by atoms with Gasteiger partial charge in [-0.25, -0.2) is 0 Å². The molecule has 1 amide bonds. The topological polar surface area (TPSA) is 84.8 Å². The average Bonchev–Trinajstić information content (AvgIpc) is 2.77. The van der Waals surface area contributed by atoms with Crippen molar-refractivity contribution >= 4 is 29.4 Å². The number of nitrogens with one attached hydrogen (secondary N) is 1. The summed E-state index contributed by atoms with van der Waals surface area (Å²) in [7, 11) is 2.79. The number of para-hydroxylation sites is 1. The fourth-order valence-corrected chi connectivity index (χ4v) is 2.86. The number of ether oxygens (including phenoxy) is 1. The van der Waals surface area contributed by atoms with Crippen LogP contribution in [0.5, 0.6) is 11.5 Å². The van der Waals surface area contributed by atoms with Crippen LogP contribution in [0.2, 0.25) is 5.02 Å². The van der Waals surface area contributed by atoms with Crippen molar-refractivity contribution in [1.29, 1.82) is 0 Å². The molecule has 1 heterocycles. The first-order valence-corrected chi connectivity index (χ1v) is 9.54. The Hall–Kier alpha value is -3.59. The van der Waals surface area contributed by atoms with Crippen LogP contribution in [0.1, 0.15) is 11.1 Å². The van der Waals surface area contributed by atoms with E-state index in [1.165, 1.54) is 14.2 Å². The molecule has 0 unspecified atom stereocenters. The molecule has 0 saturated heterocycles. The van der Waals surface area contributed by atoms with Gasteiger partial charge in [-0.15, -0.1) is 0 Å². The molecular formula is C21H20ClFN4O4. The first-order valence-electron chi connectivity index (χ1n) is 9.17. The average molecular weight is 447 g/mol. The van der Waals surface area contributed by atoms with Crippen molar-refractivity contribution in [1.82, 2.24) is 10.4 Å². The highest BCUT2D eigenvalue weighted by atomic mass is 35.5. The molecule has 2 aromatic carbocycles. The number of allylic oxidation sites excluding steroid dienone is 1. The molecule has 0 bridgehead atoms. The zero-order valence-electron chi connectivity index (χ0n) is 17.1. The minimum atomic E-state index is -0.736. The predicted octanol–water partition coefficient (Wildman–Crippen LogP) is 3.60. The number of rotatable bonds is 7. The van der Waals surface area contributed by atoms with E-state index < -0.39 is 11.7 Å². The number of benzene rings is 2. The van der Waals surface area contributed by atoms with Crippen LogP contribution in [0.4, 0.5) is 4.39 Å². The fourth-order valence-electron chi connectivity index (χ4n) is 2.69. The van der Waals surface area contributed by atoms with Gasteiger partial charge in [-0.3, -0.25) is 9.79 Å². The van der Waals surface area contributed by atoms with Crippen LogP contribution in [-0.4, -0.2) is 43.7 Å². The molecule has 0 aromatic heterocycles. The molecule has 1 aliphatic rings. The van der Waals surface area contributed by atoms with Gasteiger partial charge in [0, 0.05) is 17.6 Å². The normalized spacial score (nSPS) is 13.8. The van der Waals surface area contributed by atoms with Crippen LogP contribution in [-0.2, 0) is 9.63 Å². The fraction of sp³-hybridized carbons (Fsp3) is 0.190. The Kier molecular flexibility index (Phi) is 7.09. The standard InChI is InChI=1S/C21H20ClFN4O4/c1-13-15(22)8-6-10-17(13)30-21-16(23)11-25-12-27(21)31-18-9-5-4-7-14(18)19(26-29-3)20(28)24-2/h4-11H,12H2,1-3H3,(H,24,28)/b26-19+. The number of halogens is 2. The summed E-state index contributed by atoms with van der Waals surface area (Å²) in [5.41, 5.74) is 0.956. The number of carbonyl (C=O) groups is 1. The van der Waals surface area contributed by atoms with Gasteiger partial charge < -0.3 is 19.7 Å². The van der Waals surface area contributed by atoms with Gasteiger partial charge in [-0.05, 0) is 31.2 Å². The van der Waals surface area contributed by atoms with Gasteiger partial charge in [0.15, 0.2) is 11.5 Å². The molecule has 0 radical (unpaired) electrons. The van der Waals surface area contributed by atoms with Crippen molar-refractivity contribution in [2.24, 2.45) is 10.1 Å². The first kappa shape index (κ1) is 22.1. The van der Waals surface area contributed by atoms with Crippen LogP contribution in [0.25, 0.3) is 0 Å². The number of aliphatic imine (C=N–C) groups is 1. The van der Waals surface area contributed by atoms with Gasteiger partial charge in [-0.2, -0.15) is 9.45 Å². The van der Waals surface area contributed by atoms with Crippen LogP contribution in [0.15, 0.2) is 64.3 Å². The molecule has 162 valence electrons. The molecule has 0 spiro atoms. The molecular weight excluding hydrogens is 427 g/mol. The minimum absolute atomic E-state index is 0.0151. The molecule has 31 heavy (non-hydrogen) atoms. The second kappa shape index (κ2) is 9.94. The lowest BCUT2D eigenvalue weighted by Gasteiger charge is -2.27. The highest BCUT2D eigenvalue weighted by Crippen LogP contribution is 2.30. The van der Waals surface area contributed by atoms with E-state index in [1.54, 1.807) is 49.4 Å². The van der Waals surface area contributed by atoms with Crippen LogP contribution < -0.4 is 14.9 Å². The van der Waals surface area contributed by atoms with E-state index in [4.69, 9.17) is 26.0 Å². The lowest BCUT2D eigenvalue weighted by molar-refractivity contribution is -0.114. The molecule has 2 aromatic rings. The van der Waals surface area contributed by atoms with Crippen molar-refractivity contribution in [2.45, 2.75) is 6.92 Å². The molecule has 0 saturated carbocycles. The van der Waals surface area contributed by atoms with Gasteiger partial charge in [0.2, 0.25) is 5.83 Å². The molecule has 8 nitrogen and oxygen atoms in total. The van der Waals surface area contributed by atoms with Crippen molar-refractivity contribution < 1.29 is 23.6 Å². The Morgan fingerprint density at radius 1 is 1.23 bits per heavy atom. The van der Waals surface area contributed by atoms with E-state index in [1.807, 2.05) is 0 Å². The highest BCUT2D eigenvalue weighted by Gasteiger charge is 2.26. The summed E-state index contributed by atoms with van der Waals surface area (Å²) in [6.07, 6.45) is 1.04. The summed E-state index contributed by atoms with van der Waals surface area (Å²) in [6.45, 7) is 1.71. The molecule has 0 atom stereocenters. The van der Waals surface area contributed by atoms with Crippen LogP contribution >= 0.6 is 11.6 Å². The first-order chi connectivity index (χ1) is 15.0. The molecule has 0 fully saturated rings. The van der Waals surface area contributed by atoms with E-state index in [-0.39, 0.29) is 24.0 Å². The number of likely N-dealkylation sites (N-methyl/N-ethyl adjacent to an activating group) is 1. The zero-order chi connectivity index (χ0) is 22.4. The second-order valence-corrected chi connectivity index (χ2v) is 6.65. The number of amides is 1. The van der Waals surface area contributed by atoms with Crippen molar-refractivity contribution in [3.8, 4) is 11.5 Å². The quantitative estimate of drug-likeness (QED) is 0.519. The number of oxime groups is 1. The summed E-state index contributed by atoms with van der Waals surface area (Å²) in [5, 5.41) is 7.88. The largest absolute Gasteiger partial charge is 0.435 e. The lowest BCUT2D eigenvalue weighted by Crippen LogP contribution is -2.35. The van der Waals surface area contributed by atoms with E-state index in [0.29, 0.717) is 21.9 Å². The van der Waals surface area contributed by atoms with Crippen molar-refractivity contribution in [2.75, 3.05) is 20.8 Å². The lowest BCUT2D eigenvalue weighted by atomic mass is 10.1. The summed E-state index contributed by atoms with van der Waals surface area (Å²) in [6, 6.07) is 11.7. The summed E-state index contributed by atoms with van der Waals surface area (Å²) in [4.78, 5) is 26.9. The minimum Gasteiger partial charge on any atom is -0.435 e. The zero-order valence-corrected chi connectivity index (χ0v) is 17.8. The number of nitrogens with zero attached hydrogens (tertiary/aromatic N) is 3. The second-order valence-electron chi connectivity index (χ2n) is 6.24. The molecule has 0 aliphatic carbocycles.